The van der Waals surface area contributed by atoms with Crippen LogP contribution >= 0.6 is 0 Å². The van der Waals surface area contributed by atoms with Crippen molar-refractivity contribution < 1.29 is 9.13 Å². The molecule has 0 spiro atoms. The van der Waals surface area contributed by atoms with Gasteiger partial charge in [-0.05, 0) is 45.2 Å². The molecular weight excluding hydrogens is 255 g/mol. The highest BCUT2D eigenvalue weighted by Crippen LogP contribution is 2.29. The number of nitrogens with one attached hydrogen (secondary N) is 1. The molecule has 2 rings (SSSR count). The van der Waals surface area contributed by atoms with Crippen LogP contribution in [0.1, 0.15) is 27.2 Å². The number of hydrogen-bond donors (Lipinski definition) is 1. The summed E-state index contributed by atoms with van der Waals surface area (Å²) in [5.41, 5.74) is 0.789. The summed E-state index contributed by atoms with van der Waals surface area (Å²) in [4.78, 5) is 2.12. The van der Waals surface area contributed by atoms with Gasteiger partial charge in [-0.15, -0.1) is 0 Å². The maximum atomic E-state index is 13.9. The van der Waals surface area contributed by atoms with Gasteiger partial charge in [-0.25, -0.2) is 4.39 Å². The van der Waals surface area contributed by atoms with Crippen LogP contribution in [0, 0.1) is 11.7 Å². The van der Waals surface area contributed by atoms with E-state index in [1.807, 2.05) is 0 Å². The Morgan fingerprint density at radius 1 is 1.40 bits per heavy atom. The van der Waals surface area contributed by atoms with Crippen LogP contribution in [0.2, 0.25) is 0 Å². The predicted octanol–water partition coefficient (Wildman–Crippen LogP) is 3.05. The monoisotopic (exact) mass is 280 g/mol. The highest BCUT2D eigenvalue weighted by Gasteiger charge is 2.25. The molecule has 0 amide bonds. The third-order valence-corrected chi connectivity index (χ3v) is 3.70. The molecular formula is C16H25FN2O. The van der Waals surface area contributed by atoms with Gasteiger partial charge in [0.05, 0.1) is 12.8 Å². The van der Waals surface area contributed by atoms with Crippen molar-refractivity contribution in [3.05, 3.63) is 24.0 Å². The van der Waals surface area contributed by atoms with Gasteiger partial charge >= 0.3 is 0 Å². The van der Waals surface area contributed by atoms with E-state index in [1.165, 1.54) is 6.07 Å². The van der Waals surface area contributed by atoms with Gasteiger partial charge in [0.15, 0.2) is 0 Å². The van der Waals surface area contributed by atoms with E-state index >= 15 is 0 Å². The lowest BCUT2D eigenvalue weighted by Crippen LogP contribution is -2.39. The van der Waals surface area contributed by atoms with Gasteiger partial charge in [-0.1, -0.05) is 0 Å². The lowest BCUT2D eigenvalue weighted by molar-refractivity contribution is 0.383. The second-order valence-electron chi connectivity index (χ2n) is 6.55. The van der Waals surface area contributed by atoms with Crippen LogP contribution in [0.4, 0.5) is 10.1 Å². The Kier molecular flexibility index (Phi) is 4.53. The Labute approximate surface area is 121 Å². The van der Waals surface area contributed by atoms with Gasteiger partial charge < -0.3 is 15.0 Å². The second-order valence-corrected chi connectivity index (χ2v) is 6.55. The largest absolute Gasteiger partial charge is 0.497 e. The molecule has 0 radical (unpaired) electrons. The molecule has 0 aliphatic carbocycles. The molecule has 0 bridgehead atoms. The van der Waals surface area contributed by atoms with Gasteiger partial charge in [0.25, 0.3) is 0 Å². The Hall–Kier alpha value is -1.29. The van der Waals surface area contributed by atoms with Crippen LogP contribution in [0.3, 0.4) is 0 Å². The molecule has 1 unspecified atom stereocenters. The first-order valence-corrected chi connectivity index (χ1v) is 7.22. The lowest BCUT2D eigenvalue weighted by atomic mass is 10.1. The normalized spacial score (nSPS) is 19.4. The van der Waals surface area contributed by atoms with E-state index in [4.69, 9.17) is 4.74 Å². The van der Waals surface area contributed by atoms with E-state index in [0.717, 1.165) is 26.1 Å². The highest BCUT2D eigenvalue weighted by atomic mass is 19.1. The van der Waals surface area contributed by atoms with Crippen molar-refractivity contribution in [3.8, 4) is 5.75 Å². The molecule has 1 aromatic carbocycles. The van der Waals surface area contributed by atoms with Crippen molar-refractivity contribution in [1.82, 2.24) is 5.32 Å². The van der Waals surface area contributed by atoms with Crippen LogP contribution in [-0.4, -0.2) is 32.3 Å². The third-order valence-electron chi connectivity index (χ3n) is 3.70. The molecule has 112 valence electrons. The Balaban J connectivity index is 1.99. The van der Waals surface area contributed by atoms with E-state index in [2.05, 4.69) is 31.0 Å². The fourth-order valence-corrected chi connectivity index (χ4v) is 2.53. The zero-order valence-electron chi connectivity index (χ0n) is 12.9. The molecule has 1 atom stereocenters. The van der Waals surface area contributed by atoms with Gasteiger partial charge in [0, 0.05) is 31.2 Å². The minimum atomic E-state index is -0.171. The summed E-state index contributed by atoms with van der Waals surface area (Å²) in [5, 5.41) is 3.53. The average Bonchev–Trinajstić information content (AvgIpc) is 2.85. The summed E-state index contributed by atoms with van der Waals surface area (Å²) in [6, 6.07) is 4.93. The standard InChI is InChI=1S/C16H25FN2O/c1-16(2,3)18-10-12-7-8-19(11-12)15-9-13(20-4)5-6-14(15)17/h5-6,9,12,18H,7-8,10-11H2,1-4H3. The lowest BCUT2D eigenvalue weighted by Gasteiger charge is -2.24. The third kappa shape index (κ3) is 3.85. The zero-order valence-corrected chi connectivity index (χ0v) is 12.9. The van der Waals surface area contributed by atoms with Gasteiger partial charge in [0.1, 0.15) is 11.6 Å². The average molecular weight is 280 g/mol. The number of methoxy groups -OCH3 is 1. The SMILES string of the molecule is COc1ccc(F)c(N2CCC(CNC(C)(C)C)C2)c1. The maximum Gasteiger partial charge on any atom is 0.146 e. The van der Waals surface area contributed by atoms with Crippen molar-refractivity contribution in [1.29, 1.82) is 0 Å². The first kappa shape index (κ1) is 15.1. The minimum Gasteiger partial charge on any atom is -0.497 e. The van der Waals surface area contributed by atoms with Gasteiger partial charge in [-0.2, -0.15) is 0 Å². The van der Waals surface area contributed by atoms with Crippen molar-refractivity contribution in [2.75, 3.05) is 31.6 Å². The van der Waals surface area contributed by atoms with Gasteiger partial charge in [0.2, 0.25) is 0 Å². The van der Waals surface area contributed by atoms with E-state index < -0.39 is 0 Å². The molecule has 0 aromatic heterocycles. The maximum absolute atomic E-state index is 13.9. The molecule has 1 saturated heterocycles. The van der Waals surface area contributed by atoms with Crippen LogP contribution in [0.5, 0.6) is 5.75 Å². The summed E-state index contributed by atoms with van der Waals surface area (Å²) in [5.74, 6) is 1.10. The highest BCUT2D eigenvalue weighted by molar-refractivity contribution is 5.52. The first-order chi connectivity index (χ1) is 9.39. The molecule has 4 heteroatoms. The van der Waals surface area contributed by atoms with E-state index in [9.17, 15) is 4.39 Å². The second kappa shape index (κ2) is 6.00. The molecule has 0 saturated carbocycles. The van der Waals surface area contributed by atoms with E-state index in [0.29, 0.717) is 17.4 Å². The van der Waals surface area contributed by atoms with E-state index in [1.54, 1.807) is 19.2 Å². The molecule has 3 nitrogen and oxygen atoms in total. The van der Waals surface area contributed by atoms with Crippen molar-refractivity contribution in [2.24, 2.45) is 5.92 Å². The molecule has 1 heterocycles. The summed E-state index contributed by atoms with van der Waals surface area (Å²) in [6.07, 6.45) is 1.10. The van der Waals surface area contributed by atoms with Crippen LogP contribution in [-0.2, 0) is 0 Å². The number of nitrogens with zero attached hydrogens (tertiary/aromatic N) is 1. The minimum absolute atomic E-state index is 0.134. The fourth-order valence-electron chi connectivity index (χ4n) is 2.53. The number of halogens is 1. The Morgan fingerprint density at radius 3 is 2.80 bits per heavy atom. The van der Waals surface area contributed by atoms with Crippen LogP contribution in [0.15, 0.2) is 18.2 Å². The summed E-state index contributed by atoms with van der Waals surface area (Å²) in [6.45, 7) is 9.28. The summed E-state index contributed by atoms with van der Waals surface area (Å²) in [7, 11) is 1.61. The predicted molar refractivity (Wildman–Crippen MR) is 81.0 cm³/mol. The molecule has 1 aromatic rings. The zero-order chi connectivity index (χ0) is 14.8. The molecule has 1 aliphatic heterocycles. The molecule has 1 N–H and O–H groups in total. The molecule has 1 aliphatic rings. The number of ether oxygens (including phenoxy) is 1. The molecule has 1 fully saturated rings. The van der Waals surface area contributed by atoms with Crippen LogP contribution < -0.4 is 15.0 Å². The smallest absolute Gasteiger partial charge is 0.146 e. The summed E-state index contributed by atoms with van der Waals surface area (Å²) < 4.78 is 19.1. The number of benzene rings is 1. The Bertz CT molecular complexity index is 456. The first-order valence-electron chi connectivity index (χ1n) is 7.22. The van der Waals surface area contributed by atoms with Crippen molar-refractivity contribution in [3.63, 3.8) is 0 Å². The fraction of sp³-hybridized carbons (Fsp3) is 0.625. The topological polar surface area (TPSA) is 24.5 Å². The number of rotatable bonds is 4. The van der Waals surface area contributed by atoms with Gasteiger partial charge in [-0.3, -0.25) is 0 Å². The quantitative estimate of drug-likeness (QED) is 0.917. The molecule has 20 heavy (non-hydrogen) atoms. The van der Waals surface area contributed by atoms with E-state index in [-0.39, 0.29) is 11.4 Å². The Morgan fingerprint density at radius 2 is 2.15 bits per heavy atom. The van der Waals surface area contributed by atoms with Crippen molar-refractivity contribution >= 4 is 5.69 Å². The number of anilines is 1. The van der Waals surface area contributed by atoms with Crippen LogP contribution in [0.25, 0.3) is 0 Å². The number of hydrogen-bond acceptors (Lipinski definition) is 3. The summed E-state index contributed by atoms with van der Waals surface area (Å²) >= 11 is 0. The van der Waals surface area contributed by atoms with Crippen molar-refractivity contribution in [2.45, 2.75) is 32.7 Å².